The first-order valence-electron chi connectivity index (χ1n) is 14.0. The minimum atomic E-state index is 0.0743. The van der Waals surface area contributed by atoms with Crippen LogP contribution in [0, 0.1) is 34.6 Å². The van der Waals surface area contributed by atoms with Crippen LogP contribution in [-0.4, -0.2) is 9.97 Å². The first-order valence-corrected chi connectivity index (χ1v) is 15.6. The summed E-state index contributed by atoms with van der Waals surface area (Å²) in [5, 5.41) is 0. The largest absolute Gasteiger partial charge is 0.489 e. The summed E-state index contributed by atoms with van der Waals surface area (Å²) in [6, 6.07) is 25.6. The fourth-order valence-electron chi connectivity index (χ4n) is 4.97. The zero-order chi connectivity index (χ0) is 30.2. The van der Waals surface area contributed by atoms with Crippen LogP contribution >= 0.6 is 22.7 Å². The number of benzene rings is 5. The maximum absolute atomic E-state index is 12.0. The molecule has 43 heavy (non-hydrogen) atoms. The lowest BCUT2D eigenvalue weighted by atomic mass is 10.1. The fraction of sp³-hybridized carbons (Fsp3) is 0.167. The van der Waals surface area contributed by atoms with Gasteiger partial charge in [0.25, 0.3) is 0 Å². The number of nitrogens with zero attached hydrogens (tertiary/aromatic N) is 2. The van der Waals surface area contributed by atoms with E-state index in [9.17, 15) is 9.59 Å². The molecule has 5 nitrogen and oxygen atoms in total. The smallest absolute Gasteiger partial charge is 0.183 e. The van der Waals surface area contributed by atoms with E-state index in [0.29, 0.717) is 6.61 Å². The highest BCUT2D eigenvalue weighted by Crippen LogP contribution is 2.36. The SMILES string of the molecule is Cc1cc(=O)c(C)c2sc3ccc(OCc4ccccc4)cc3nc1-2.Cc1ccc2nc3c(C)cc(=O)c(C)c-3sc2c1. The highest BCUT2D eigenvalue weighted by atomic mass is 32.1. The maximum Gasteiger partial charge on any atom is 0.183 e. The molecule has 0 saturated heterocycles. The average molecular weight is 603 g/mol. The molecule has 4 aliphatic rings. The van der Waals surface area contributed by atoms with Gasteiger partial charge >= 0.3 is 0 Å². The van der Waals surface area contributed by atoms with Gasteiger partial charge in [0.05, 0.1) is 41.6 Å². The number of ether oxygens (including phenoxy) is 1. The molecule has 0 aromatic heterocycles. The molecule has 7 rings (SSSR count). The maximum atomic E-state index is 12.0. The van der Waals surface area contributed by atoms with Gasteiger partial charge in [-0.2, -0.15) is 0 Å². The predicted octanol–water partition coefficient (Wildman–Crippen LogP) is 8.64. The van der Waals surface area contributed by atoms with Gasteiger partial charge in [-0.1, -0.05) is 36.4 Å². The molecule has 0 unspecified atom stereocenters. The third kappa shape index (κ3) is 5.78. The van der Waals surface area contributed by atoms with Crippen LogP contribution in [-0.2, 0) is 6.61 Å². The van der Waals surface area contributed by atoms with Crippen LogP contribution < -0.4 is 15.6 Å². The molecule has 214 valence electrons. The Morgan fingerprint density at radius 1 is 0.628 bits per heavy atom. The number of fused-ring (bicyclic) bond motifs is 4. The van der Waals surface area contributed by atoms with Crippen molar-refractivity contribution in [2.45, 2.75) is 41.2 Å². The van der Waals surface area contributed by atoms with Crippen LogP contribution in [0.15, 0.2) is 88.5 Å². The minimum absolute atomic E-state index is 0.0743. The van der Waals surface area contributed by atoms with Crippen molar-refractivity contribution in [2.24, 2.45) is 0 Å². The van der Waals surface area contributed by atoms with Crippen LogP contribution in [0.2, 0.25) is 0 Å². The minimum Gasteiger partial charge on any atom is -0.489 e. The first-order chi connectivity index (χ1) is 20.7. The topological polar surface area (TPSA) is 69.2 Å². The van der Waals surface area contributed by atoms with Crippen molar-refractivity contribution >= 4 is 43.1 Å². The highest BCUT2D eigenvalue weighted by molar-refractivity contribution is 7.22. The van der Waals surface area contributed by atoms with Gasteiger partial charge in [-0.05, 0) is 93.3 Å². The van der Waals surface area contributed by atoms with Crippen molar-refractivity contribution in [1.29, 1.82) is 0 Å². The molecule has 2 aliphatic carbocycles. The second-order valence-electron chi connectivity index (χ2n) is 10.8. The van der Waals surface area contributed by atoms with E-state index < -0.39 is 0 Å². The standard InChI is InChI=1S/C21H17NO2S.C15H13NOS/c1-13-10-18(23)14(2)21-20(13)22-17-11-16(8-9-19(17)25-21)24-12-15-6-4-3-5-7-15;1-8-4-5-11-13(6-8)18-15-10(3)12(17)7-9(2)14(15)16-11/h3-11H,12H2,1-2H3;4-7H,1-3H3. The molecule has 0 saturated carbocycles. The van der Waals surface area contributed by atoms with Gasteiger partial charge in [0.15, 0.2) is 10.9 Å². The molecule has 3 aromatic carbocycles. The summed E-state index contributed by atoms with van der Waals surface area (Å²) >= 11 is 3.27. The molecule has 0 radical (unpaired) electrons. The second-order valence-corrected chi connectivity index (χ2v) is 12.9. The van der Waals surface area contributed by atoms with Crippen molar-refractivity contribution in [3.05, 3.63) is 133 Å². The van der Waals surface area contributed by atoms with Crippen molar-refractivity contribution in [3.8, 4) is 26.9 Å². The fourth-order valence-corrected chi connectivity index (χ4v) is 7.33. The molecule has 3 aromatic rings. The average Bonchev–Trinajstić information content (AvgIpc) is 3.01. The zero-order valence-electron chi connectivity index (χ0n) is 24.6. The molecule has 2 heterocycles. The van der Waals surface area contributed by atoms with Crippen LogP contribution in [0.4, 0.5) is 0 Å². The first kappa shape index (κ1) is 28.6. The zero-order valence-corrected chi connectivity index (χ0v) is 26.3. The number of rotatable bonds is 3. The lowest BCUT2D eigenvalue weighted by Crippen LogP contribution is -2.08. The monoisotopic (exact) mass is 602 g/mol. The molecular weight excluding hydrogens is 573 g/mol. The van der Waals surface area contributed by atoms with Gasteiger partial charge in [-0.3, -0.25) is 9.59 Å². The Hall–Kier alpha value is -4.46. The van der Waals surface area contributed by atoms with E-state index >= 15 is 0 Å². The van der Waals surface area contributed by atoms with E-state index in [1.54, 1.807) is 34.8 Å². The normalized spacial score (nSPS) is 11.2. The van der Waals surface area contributed by atoms with E-state index in [1.165, 1.54) is 5.56 Å². The molecule has 0 amide bonds. The predicted molar refractivity (Wildman–Crippen MR) is 179 cm³/mol. The summed E-state index contributed by atoms with van der Waals surface area (Å²) in [5.41, 5.74) is 9.71. The van der Waals surface area contributed by atoms with Crippen LogP contribution in [0.3, 0.4) is 0 Å². The van der Waals surface area contributed by atoms with Gasteiger partial charge in [-0.25, -0.2) is 9.97 Å². The Kier molecular flexibility index (Phi) is 7.77. The molecule has 0 atom stereocenters. The Balaban J connectivity index is 0.000000162. The van der Waals surface area contributed by atoms with Gasteiger partial charge in [0, 0.05) is 17.2 Å². The summed E-state index contributed by atoms with van der Waals surface area (Å²) in [5.74, 6) is 0.797. The molecular formula is C36H30N2O3S2. The van der Waals surface area contributed by atoms with E-state index in [1.807, 2.05) is 82.3 Å². The van der Waals surface area contributed by atoms with Crippen molar-refractivity contribution in [1.82, 2.24) is 9.97 Å². The Bertz CT molecular complexity index is 2180. The van der Waals surface area contributed by atoms with E-state index in [4.69, 9.17) is 14.7 Å². The Labute approximate surface area is 257 Å². The van der Waals surface area contributed by atoms with Crippen LogP contribution in [0.25, 0.3) is 41.6 Å². The van der Waals surface area contributed by atoms with Gasteiger partial charge in [0.2, 0.25) is 0 Å². The van der Waals surface area contributed by atoms with Gasteiger partial charge in [0.1, 0.15) is 12.4 Å². The lowest BCUT2D eigenvalue weighted by molar-refractivity contribution is 0.306. The van der Waals surface area contributed by atoms with Crippen molar-refractivity contribution in [2.75, 3.05) is 0 Å². The second kappa shape index (κ2) is 11.7. The quantitative estimate of drug-likeness (QED) is 0.189. The molecule has 0 spiro atoms. The summed E-state index contributed by atoms with van der Waals surface area (Å²) < 4.78 is 8.08. The Morgan fingerprint density at radius 3 is 1.88 bits per heavy atom. The van der Waals surface area contributed by atoms with Gasteiger partial charge in [-0.15, -0.1) is 22.7 Å². The number of aromatic nitrogens is 2. The van der Waals surface area contributed by atoms with Crippen molar-refractivity contribution < 1.29 is 4.74 Å². The highest BCUT2D eigenvalue weighted by Gasteiger charge is 2.16. The third-order valence-corrected chi connectivity index (χ3v) is 9.99. The number of aryl methyl sites for hydroxylation is 3. The lowest BCUT2D eigenvalue weighted by Gasteiger charge is -2.12. The van der Waals surface area contributed by atoms with E-state index in [0.717, 1.165) is 75.1 Å². The number of hydrogen-bond acceptors (Lipinski definition) is 7. The van der Waals surface area contributed by atoms with Crippen molar-refractivity contribution in [3.63, 3.8) is 0 Å². The van der Waals surface area contributed by atoms with E-state index in [2.05, 4.69) is 19.1 Å². The van der Waals surface area contributed by atoms with E-state index in [-0.39, 0.29) is 10.9 Å². The molecule has 0 N–H and O–H groups in total. The molecule has 0 fully saturated rings. The molecule has 2 aliphatic heterocycles. The van der Waals surface area contributed by atoms with Crippen LogP contribution in [0.5, 0.6) is 5.75 Å². The Morgan fingerprint density at radius 2 is 1.23 bits per heavy atom. The summed E-state index contributed by atoms with van der Waals surface area (Å²) in [4.78, 5) is 35.3. The summed E-state index contributed by atoms with van der Waals surface area (Å²) in [6.45, 7) is 10.2. The van der Waals surface area contributed by atoms with Crippen LogP contribution in [0.1, 0.15) is 33.4 Å². The van der Waals surface area contributed by atoms with Gasteiger partial charge < -0.3 is 4.74 Å². The molecule has 7 heteroatoms. The molecule has 0 bridgehead atoms. The summed E-state index contributed by atoms with van der Waals surface area (Å²) in [6.07, 6.45) is 0. The summed E-state index contributed by atoms with van der Waals surface area (Å²) in [7, 11) is 0. The number of hydrogen-bond donors (Lipinski definition) is 0. The third-order valence-electron chi connectivity index (χ3n) is 7.48.